The van der Waals surface area contributed by atoms with E-state index in [1.165, 1.54) is 13.8 Å². The second-order valence-corrected chi connectivity index (χ2v) is 3.01. The van der Waals surface area contributed by atoms with Gasteiger partial charge in [-0.05, 0) is 0 Å². The maximum absolute atomic E-state index is 9.81. The van der Waals surface area contributed by atoms with Crippen molar-refractivity contribution in [2.24, 2.45) is 0 Å². The fraction of sp³-hybridized carbons (Fsp3) is 0.143. The molecular formula is C14H16O3V-6. The van der Waals surface area contributed by atoms with Crippen molar-refractivity contribution in [3.05, 3.63) is 60.7 Å². The fourth-order valence-corrected chi connectivity index (χ4v) is 0.844. The monoisotopic (exact) mass is 283 g/mol. The quantitative estimate of drug-likeness (QED) is 0.424. The van der Waals surface area contributed by atoms with E-state index in [1.807, 2.05) is 60.7 Å². The number of esters is 2. The van der Waals surface area contributed by atoms with Gasteiger partial charge < -0.3 is 35.1 Å². The first-order valence-electron chi connectivity index (χ1n) is 5.15. The van der Waals surface area contributed by atoms with Crippen molar-refractivity contribution < 1.29 is 32.9 Å². The Morgan fingerprint density at radius 2 is 1.17 bits per heavy atom. The number of carbonyl (C=O) groups excluding carboxylic acids is 2. The molecule has 101 valence electrons. The maximum atomic E-state index is 9.81. The Bertz CT molecular complexity index is 304. The molecule has 0 N–H and O–H groups in total. The van der Waals surface area contributed by atoms with E-state index in [-0.39, 0.29) is 18.6 Å². The molecule has 0 unspecified atom stereocenters. The first-order chi connectivity index (χ1) is 8.13. The summed E-state index contributed by atoms with van der Waals surface area (Å²) in [6.45, 7) is 2.36. The summed E-state index contributed by atoms with van der Waals surface area (Å²) in [5.74, 6) is -1.12. The molecule has 0 bridgehead atoms. The molecule has 0 amide bonds. The van der Waals surface area contributed by atoms with Gasteiger partial charge in [-0.15, -0.1) is 0 Å². The van der Waals surface area contributed by atoms with Gasteiger partial charge in [0.2, 0.25) is 0 Å². The smallest absolute Gasteiger partial charge is 0.310 e. The molecule has 0 atom stereocenters. The topological polar surface area (TPSA) is 43.4 Å². The van der Waals surface area contributed by atoms with Gasteiger partial charge >= 0.3 is 11.9 Å². The van der Waals surface area contributed by atoms with Crippen LogP contribution in [0.2, 0.25) is 0 Å². The van der Waals surface area contributed by atoms with E-state index >= 15 is 0 Å². The summed E-state index contributed by atoms with van der Waals surface area (Å²) in [7, 11) is 0. The normalized spacial score (nSPS) is 7.44. The van der Waals surface area contributed by atoms with Crippen LogP contribution in [0.25, 0.3) is 0 Å². The average Bonchev–Trinajstić information content (AvgIpc) is 2.96. The van der Waals surface area contributed by atoms with Crippen LogP contribution in [0, 0.1) is 0 Å². The van der Waals surface area contributed by atoms with Crippen molar-refractivity contribution >= 4 is 11.9 Å². The molecule has 0 spiro atoms. The Kier molecular flexibility index (Phi) is 14.1. The number of hydrogen-bond acceptors (Lipinski definition) is 3. The minimum Gasteiger partial charge on any atom is -0.748 e. The van der Waals surface area contributed by atoms with E-state index in [4.69, 9.17) is 0 Å². The minimum absolute atomic E-state index is 0. The largest absolute Gasteiger partial charge is 0.748 e. The standard InChI is InChI=1S/2C5H5.C4H6O3.V/c2*1-2-4-5-3-1;1-3(5)7-4(2)6;/h2*1-5H;1-2H3;/q-5;-1;;. The molecule has 3 nitrogen and oxygen atoms in total. The predicted molar refractivity (Wildman–Crippen MR) is 66.5 cm³/mol. The predicted octanol–water partition coefficient (Wildman–Crippen LogP) is 2.90. The van der Waals surface area contributed by atoms with E-state index in [1.54, 1.807) is 0 Å². The number of ether oxygens (including phenoxy) is 1. The molecule has 0 aliphatic rings. The van der Waals surface area contributed by atoms with Gasteiger partial charge in [0, 0.05) is 32.4 Å². The van der Waals surface area contributed by atoms with Crippen LogP contribution < -0.4 is 0 Å². The van der Waals surface area contributed by atoms with Gasteiger partial charge in [-0.3, -0.25) is 9.59 Å². The number of rotatable bonds is 0. The van der Waals surface area contributed by atoms with Gasteiger partial charge in [-0.25, -0.2) is 12.1 Å². The van der Waals surface area contributed by atoms with Crippen LogP contribution in [0.5, 0.6) is 0 Å². The van der Waals surface area contributed by atoms with E-state index < -0.39 is 11.9 Å². The molecule has 2 aromatic rings. The second-order valence-electron chi connectivity index (χ2n) is 3.01. The molecule has 0 aromatic heterocycles. The van der Waals surface area contributed by atoms with Crippen molar-refractivity contribution in [2.75, 3.05) is 0 Å². The van der Waals surface area contributed by atoms with Gasteiger partial charge in [0.1, 0.15) is 0 Å². The van der Waals surface area contributed by atoms with E-state index in [0.717, 1.165) is 0 Å². The molecule has 0 fully saturated rings. The first-order valence-corrected chi connectivity index (χ1v) is 5.15. The second kappa shape index (κ2) is 13.5. The third kappa shape index (κ3) is 16.8. The summed E-state index contributed by atoms with van der Waals surface area (Å²) in [6.07, 6.45) is 0. The number of hydrogen-bond donors (Lipinski definition) is 0. The average molecular weight is 283 g/mol. The number of carbonyl (C=O) groups is 2. The van der Waals surface area contributed by atoms with Crippen LogP contribution in [-0.2, 0) is 32.9 Å². The Morgan fingerprint density at radius 3 is 1.28 bits per heavy atom. The van der Waals surface area contributed by atoms with Gasteiger partial charge in [0.25, 0.3) is 0 Å². The molecule has 18 heavy (non-hydrogen) atoms. The van der Waals surface area contributed by atoms with Gasteiger partial charge in [0.15, 0.2) is 0 Å². The molecule has 1 radical (unpaired) electrons. The minimum atomic E-state index is -0.562. The van der Waals surface area contributed by atoms with Crippen LogP contribution in [0.3, 0.4) is 0 Å². The van der Waals surface area contributed by atoms with Crippen LogP contribution >= 0.6 is 0 Å². The van der Waals surface area contributed by atoms with E-state index in [9.17, 15) is 9.59 Å². The third-order valence-electron chi connectivity index (χ3n) is 1.40. The summed E-state index contributed by atoms with van der Waals surface area (Å²) in [4.78, 5) is 19.6. The van der Waals surface area contributed by atoms with E-state index in [2.05, 4.69) is 4.74 Å². The van der Waals surface area contributed by atoms with Gasteiger partial charge in [-0.2, -0.15) is 18.2 Å². The molecular weight excluding hydrogens is 267 g/mol. The fourth-order valence-electron chi connectivity index (χ4n) is 0.844. The molecule has 2 aromatic carbocycles. The Hall–Kier alpha value is -1.58. The zero-order valence-corrected chi connectivity index (χ0v) is 11.8. The zero-order chi connectivity index (χ0) is 12.9. The summed E-state index contributed by atoms with van der Waals surface area (Å²) in [6, 6.07) is 20.0. The van der Waals surface area contributed by atoms with Crippen molar-refractivity contribution in [3.63, 3.8) is 0 Å². The molecule has 2 rings (SSSR count). The molecule has 0 aliphatic heterocycles. The maximum Gasteiger partial charge on any atom is 0.310 e. The van der Waals surface area contributed by atoms with Crippen molar-refractivity contribution in [1.82, 2.24) is 0 Å². The Balaban J connectivity index is 0. The van der Waals surface area contributed by atoms with Crippen molar-refractivity contribution in [3.8, 4) is 0 Å². The molecule has 0 saturated carbocycles. The van der Waals surface area contributed by atoms with Gasteiger partial charge in [0.05, 0.1) is 0 Å². The molecule has 0 aliphatic carbocycles. The van der Waals surface area contributed by atoms with Crippen LogP contribution in [-0.4, -0.2) is 11.9 Å². The summed E-state index contributed by atoms with van der Waals surface area (Å²) < 4.78 is 3.97. The summed E-state index contributed by atoms with van der Waals surface area (Å²) in [5, 5.41) is 0. The van der Waals surface area contributed by atoms with Gasteiger partial charge in [-0.1, -0.05) is 0 Å². The SMILES string of the molecule is CC(=O)OC(C)=O.[V].[cH-]1[cH-][cH-][cH-][cH-]1.c1cc[cH-]c1. The van der Waals surface area contributed by atoms with Crippen molar-refractivity contribution in [2.45, 2.75) is 13.8 Å². The van der Waals surface area contributed by atoms with Crippen LogP contribution in [0.4, 0.5) is 0 Å². The van der Waals surface area contributed by atoms with Crippen molar-refractivity contribution in [1.29, 1.82) is 0 Å². The Labute approximate surface area is 119 Å². The molecule has 0 saturated heterocycles. The Morgan fingerprint density at radius 1 is 0.833 bits per heavy atom. The zero-order valence-electron chi connectivity index (χ0n) is 10.4. The van der Waals surface area contributed by atoms with Crippen LogP contribution in [0.15, 0.2) is 60.7 Å². The van der Waals surface area contributed by atoms with Crippen LogP contribution in [0.1, 0.15) is 13.8 Å². The summed E-state index contributed by atoms with van der Waals surface area (Å²) >= 11 is 0. The molecule has 0 heterocycles. The first kappa shape index (κ1) is 18.8. The molecule has 4 heteroatoms. The van der Waals surface area contributed by atoms with E-state index in [0.29, 0.717) is 0 Å². The summed E-state index contributed by atoms with van der Waals surface area (Å²) in [5.41, 5.74) is 0. The third-order valence-corrected chi connectivity index (χ3v) is 1.40.